The van der Waals surface area contributed by atoms with E-state index in [0.29, 0.717) is 6.61 Å². The van der Waals surface area contributed by atoms with Crippen molar-refractivity contribution in [3.05, 3.63) is 27.1 Å². The van der Waals surface area contributed by atoms with Crippen LogP contribution in [0.5, 0.6) is 0 Å². The first-order valence-electron chi connectivity index (χ1n) is 3.88. The summed E-state index contributed by atoms with van der Waals surface area (Å²) >= 11 is 0.989. The molecule has 0 spiro atoms. The lowest BCUT2D eigenvalue weighted by Gasteiger charge is -1.94. The molecule has 6 nitrogen and oxygen atoms in total. The maximum Gasteiger partial charge on any atom is 0.306 e. The molecule has 0 aliphatic heterocycles. The van der Waals surface area contributed by atoms with E-state index in [9.17, 15) is 18.5 Å². The second-order valence-corrected chi connectivity index (χ2v) is 6.08. The summed E-state index contributed by atoms with van der Waals surface area (Å²) in [5, 5.41) is 10.1. The van der Waals surface area contributed by atoms with Crippen LogP contribution < -0.4 is 0 Å². The highest BCUT2D eigenvalue weighted by Crippen LogP contribution is 2.23. The van der Waals surface area contributed by atoms with Gasteiger partial charge in [-0.25, -0.2) is 8.42 Å². The SMILES string of the molecule is COCc1ccc(S(=O)(=O)C[N+](=O)[O-])s1. The monoisotopic (exact) mass is 251 g/mol. The van der Waals surface area contributed by atoms with Gasteiger partial charge in [-0.1, -0.05) is 0 Å². The lowest BCUT2D eigenvalue weighted by molar-refractivity contribution is -0.458. The van der Waals surface area contributed by atoms with Crippen molar-refractivity contribution in [3.8, 4) is 0 Å². The number of ether oxygens (including phenoxy) is 1. The van der Waals surface area contributed by atoms with E-state index in [1.54, 1.807) is 6.07 Å². The van der Waals surface area contributed by atoms with Gasteiger partial charge in [-0.2, -0.15) is 0 Å². The van der Waals surface area contributed by atoms with Gasteiger partial charge in [-0.3, -0.25) is 10.1 Å². The van der Waals surface area contributed by atoms with Crippen LogP contribution in [0.3, 0.4) is 0 Å². The standard InChI is InChI=1S/C7H9NO5S2/c1-13-4-6-2-3-7(14-6)15(11,12)5-8(9)10/h2-3H,4-5H2,1H3. The smallest absolute Gasteiger partial charge is 0.306 e. The van der Waals surface area contributed by atoms with Crippen molar-refractivity contribution < 1.29 is 18.1 Å². The average Bonchev–Trinajstić information content (AvgIpc) is 2.51. The van der Waals surface area contributed by atoms with E-state index in [1.807, 2.05) is 0 Å². The molecule has 1 rings (SSSR count). The van der Waals surface area contributed by atoms with Crippen LogP contribution >= 0.6 is 11.3 Å². The molecule has 1 aromatic rings. The van der Waals surface area contributed by atoms with Crippen LogP contribution in [-0.2, 0) is 21.2 Å². The summed E-state index contributed by atoms with van der Waals surface area (Å²) < 4.78 is 27.6. The van der Waals surface area contributed by atoms with Crippen LogP contribution in [0.15, 0.2) is 16.3 Å². The van der Waals surface area contributed by atoms with Crippen LogP contribution in [-0.4, -0.2) is 26.3 Å². The first-order chi connectivity index (χ1) is 6.95. The van der Waals surface area contributed by atoms with Gasteiger partial charge in [0, 0.05) is 16.9 Å². The summed E-state index contributed by atoms with van der Waals surface area (Å²) in [6.07, 6.45) is 0. The number of methoxy groups -OCH3 is 1. The lowest BCUT2D eigenvalue weighted by atomic mass is 10.5. The van der Waals surface area contributed by atoms with Crippen molar-refractivity contribution in [1.29, 1.82) is 0 Å². The molecule has 0 atom stereocenters. The molecular formula is C7H9NO5S2. The Morgan fingerprint density at radius 1 is 1.53 bits per heavy atom. The molecule has 0 saturated heterocycles. The summed E-state index contributed by atoms with van der Waals surface area (Å²) in [7, 11) is -2.30. The van der Waals surface area contributed by atoms with Gasteiger partial charge in [0.15, 0.2) is 0 Å². The summed E-state index contributed by atoms with van der Waals surface area (Å²) in [6.45, 7) is 0.304. The van der Waals surface area contributed by atoms with Crippen LogP contribution in [0.1, 0.15) is 4.88 Å². The van der Waals surface area contributed by atoms with Crippen molar-refractivity contribution >= 4 is 21.2 Å². The highest BCUT2D eigenvalue weighted by molar-refractivity contribution is 7.93. The molecule has 0 saturated carbocycles. The van der Waals surface area contributed by atoms with E-state index >= 15 is 0 Å². The molecule has 0 N–H and O–H groups in total. The third kappa shape index (κ3) is 3.26. The van der Waals surface area contributed by atoms with Crippen molar-refractivity contribution in [2.75, 3.05) is 13.0 Å². The summed E-state index contributed by atoms with van der Waals surface area (Å²) in [4.78, 5) is 9.99. The third-order valence-electron chi connectivity index (χ3n) is 1.51. The maximum atomic E-state index is 11.4. The molecule has 0 unspecified atom stereocenters. The zero-order valence-corrected chi connectivity index (χ0v) is 9.51. The number of hydrogen-bond donors (Lipinski definition) is 0. The molecule has 0 aliphatic carbocycles. The Bertz CT molecular complexity index is 450. The van der Waals surface area contributed by atoms with Crippen LogP contribution in [0.2, 0.25) is 0 Å². The van der Waals surface area contributed by atoms with E-state index in [1.165, 1.54) is 13.2 Å². The largest absolute Gasteiger partial charge is 0.379 e. The Hall–Kier alpha value is -0.990. The molecule has 0 aromatic carbocycles. The molecule has 84 valence electrons. The molecular weight excluding hydrogens is 242 g/mol. The van der Waals surface area contributed by atoms with Gasteiger partial charge in [-0.05, 0) is 12.1 Å². The lowest BCUT2D eigenvalue weighted by Crippen LogP contribution is -2.13. The second kappa shape index (κ2) is 4.69. The van der Waals surface area contributed by atoms with Gasteiger partial charge in [0.1, 0.15) is 4.21 Å². The predicted molar refractivity (Wildman–Crippen MR) is 54.1 cm³/mol. The molecule has 1 heterocycles. The van der Waals surface area contributed by atoms with Crippen molar-refractivity contribution in [2.45, 2.75) is 10.8 Å². The molecule has 0 amide bonds. The van der Waals surface area contributed by atoms with Gasteiger partial charge in [0.05, 0.1) is 6.61 Å². The molecule has 0 radical (unpaired) electrons. The van der Waals surface area contributed by atoms with Gasteiger partial charge in [0.2, 0.25) is 0 Å². The van der Waals surface area contributed by atoms with Gasteiger partial charge in [0.25, 0.3) is 9.84 Å². The number of sulfone groups is 1. The molecule has 8 heteroatoms. The predicted octanol–water partition coefficient (Wildman–Crippen LogP) is 0.902. The van der Waals surface area contributed by atoms with E-state index in [2.05, 4.69) is 0 Å². The van der Waals surface area contributed by atoms with Crippen LogP contribution in [0, 0.1) is 10.1 Å². The molecule has 0 fully saturated rings. The average molecular weight is 251 g/mol. The Labute approximate surface area is 90.6 Å². The van der Waals surface area contributed by atoms with E-state index in [0.717, 1.165) is 16.2 Å². The Balaban J connectivity index is 2.90. The molecule has 15 heavy (non-hydrogen) atoms. The number of thiophene rings is 1. The fourth-order valence-corrected chi connectivity index (χ4v) is 3.32. The minimum Gasteiger partial charge on any atom is -0.379 e. The van der Waals surface area contributed by atoms with Gasteiger partial charge < -0.3 is 4.74 Å². The second-order valence-electron chi connectivity index (χ2n) is 2.73. The molecule has 1 aromatic heterocycles. The fraction of sp³-hybridized carbons (Fsp3) is 0.429. The van der Waals surface area contributed by atoms with Crippen LogP contribution in [0.25, 0.3) is 0 Å². The number of hydrogen-bond acceptors (Lipinski definition) is 6. The quantitative estimate of drug-likeness (QED) is 0.573. The van der Waals surface area contributed by atoms with E-state index < -0.39 is 20.6 Å². The van der Waals surface area contributed by atoms with Gasteiger partial charge >= 0.3 is 5.88 Å². The van der Waals surface area contributed by atoms with Crippen molar-refractivity contribution in [1.82, 2.24) is 0 Å². The number of nitro groups is 1. The van der Waals surface area contributed by atoms with Gasteiger partial charge in [-0.15, -0.1) is 11.3 Å². The van der Waals surface area contributed by atoms with Crippen molar-refractivity contribution in [2.24, 2.45) is 0 Å². The molecule has 0 bridgehead atoms. The summed E-state index contributed by atoms with van der Waals surface area (Å²) in [6, 6.07) is 2.94. The molecule has 0 aliphatic rings. The minimum absolute atomic E-state index is 0.00579. The van der Waals surface area contributed by atoms with Crippen LogP contribution in [0.4, 0.5) is 0 Å². The Morgan fingerprint density at radius 3 is 2.73 bits per heavy atom. The summed E-state index contributed by atoms with van der Waals surface area (Å²) in [5.41, 5.74) is 0. The maximum absolute atomic E-state index is 11.4. The van der Waals surface area contributed by atoms with E-state index in [4.69, 9.17) is 4.74 Å². The van der Waals surface area contributed by atoms with E-state index in [-0.39, 0.29) is 4.21 Å². The highest BCUT2D eigenvalue weighted by Gasteiger charge is 2.23. The fourth-order valence-electron chi connectivity index (χ4n) is 0.948. The topological polar surface area (TPSA) is 86.5 Å². The summed E-state index contributed by atoms with van der Waals surface area (Å²) in [5.74, 6) is -1.07. The van der Waals surface area contributed by atoms with Crippen molar-refractivity contribution in [3.63, 3.8) is 0 Å². The highest BCUT2D eigenvalue weighted by atomic mass is 32.2. The Morgan fingerprint density at radius 2 is 2.20 bits per heavy atom. The first-order valence-corrected chi connectivity index (χ1v) is 6.35. The normalized spacial score (nSPS) is 11.5. The first kappa shape index (κ1) is 12.1. The Kier molecular flexibility index (Phi) is 3.77. The zero-order valence-electron chi connectivity index (χ0n) is 7.87. The minimum atomic E-state index is -3.79. The third-order valence-corrected chi connectivity index (χ3v) is 4.67. The number of nitrogens with zero attached hydrogens (tertiary/aromatic N) is 1. The zero-order chi connectivity index (χ0) is 11.5. The number of rotatable bonds is 5.